The van der Waals surface area contributed by atoms with E-state index in [-0.39, 0.29) is 26.7 Å². The minimum absolute atomic E-state index is 0.0793. The number of anilines is 1. The molecule has 9 nitrogen and oxygen atoms in total. The van der Waals surface area contributed by atoms with Crippen LogP contribution < -0.4 is 4.90 Å². The van der Waals surface area contributed by atoms with Gasteiger partial charge in [-0.05, 0) is 61.9 Å². The molecule has 4 rings (SSSR count). The number of hydrogen-bond donors (Lipinski definition) is 0. The van der Waals surface area contributed by atoms with E-state index in [1.54, 1.807) is 13.0 Å². The largest absolute Gasteiger partial charge is 0.416 e. The number of nitriles is 2. The second-order valence-electron chi connectivity index (χ2n) is 8.98. The van der Waals surface area contributed by atoms with E-state index >= 15 is 0 Å². The van der Waals surface area contributed by atoms with Crippen LogP contribution in [0.4, 0.5) is 23.7 Å². The maximum absolute atomic E-state index is 14.1. The lowest BCUT2D eigenvalue weighted by Crippen LogP contribution is -2.52. The molecule has 0 N–H and O–H groups in total. The van der Waals surface area contributed by atoms with Gasteiger partial charge in [-0.3, -0.25) is 4.90 Å². The Kier molecular flexibility index (Phi) is 7.51. The predicted octanol–water partition coefficient (Wildman–Crippen LogP) is 5.52. The summed E-state index contributed by atoms with van der Waals surface area (Å²) in [4.78, 5) is 14.8. The molecule has 0 saturated carbocycles. The number of aryl methyl sites for hydroxylation is 1. The summed E-state index contributed by atoms with van der Waals surface area (Å²) in [5.41, 5.74) is -2.46. The van der Waals surface area contributed by atoms with Crippen LogP contribution >= 0.6 is 11.3 Å². The Morgan fingerprint density at radius 1 is 0.951 bits per heavy atom. The van der Waals surface area contributed by atoms with Gasteiger partial charge < -0.3 is 0 Å². The lowest BCUT2D eigenvalue weighted by atomic mass is 9.94. The number of carbonyl (C=O) groups excluding carboxylic acids is 1. The highest BCUT2D eigenvalue weighted by Crippen LogP contribution is 2.45. The zero-order valence-electron chi connectivity index (χ0n) is 21.5. The Balaban J connectivity index is 2.11. The number of alkyl halides is 3. The number of hydrogen-bond acceptors (Lipinski definition) is 8. The molecule has 1 aromatic heterocycles. The number of allylic oxidation sites excluding steroid dienone is 1. The summed E-state index contributed by atoms with van der Waals surface area (Å²) in [5.74, 6) is 0. The van der Waals surface area contributed by atoms with Crippen molar-refractivity contribution in [3.63, 3.8) is 0 Å². The van der Waals surface area contributed by atoms with E-state index < -0.39 is 54.1 Å². The van der Waals surface area contributed by atoms with E-state index in [1.807, 2.05) is 6.07 Å². The van der Waals surface area contributed by atoms with Crippen molar-refractivity contribution < 1.29 is 34.8 Å². The zero-order valence-corrected chi connectivity index (χ0v) is 23.9. The summed E-state index contributed by atoms with van der Waals surface area (Å²) in [5, 5.41) is 19.6. The summed E-state index contributed by atoms with van der Waals surface area (Å²) in [7, 11) is -8.97. The molecule has 15 heteroatoms. The maximum Gasteiger partial charge on any atom is 0.416 e. The zero-order chi connectivity index (χ0) is 30.5. The van der Waals surface area contributed by atoms with Crippen molar-refractivity contribution in [1.82, 2.24) is 4.31 Å². The number of amides is 2. The Hall–Kier alpha value is -4.18. The minimum Gasteiger partial charge on any atom is -0.265 e. The average molecular weight is 621 g/mol. The lowest BCUT2D eigenvalue weighted by molar-refractivity contribution is -0.137. The highest BCUT2D eigenvalue weighted by Gasteiger charge is 2.48. The first-order valence-corrected chi connectivity index (χ1v) is 15.6. The number of halogens is 3. The fourth-order valence-corrected chi connectivity index (χ4v) is 8.19. The van der Waals surface area contributed by atoms with Crippen LogP contribution in [0.2, 0.25) is 0 Å². The van der Waals surface area contributed by atoms with Gasteiger partial charge in [0.25, 0.3) is 10.0 Å². The highest BCUT2D eigenvalue weighted by atomic mass is 32.2. The number of urea groups is 1. The van der Waals surface area contributed by atoms with Gasteiger partial charge in [-0.1, -0.05) is 12.1 Å². The smallest absolute Gasteiger partial charge is 0.265 e. The Morgan fingerprint density at radius 2 is 1.63 bits per heavy atom. The Morgan fingerprint density at radius 3 is 2.17 bits per heavy atom. The van der Waals surface area contributed by atoms with E-state index in [2.05, 4.69) is 0 Å². The van der Waals surface area contributed by atoms with Crippen LogP contribution in [0.3, 0.4) is 0 Å². The van der Waals surface area contributed by atoms with E-state index in [4.69, 9.17) is 0 Å². The molecule has 0 unspecified atom stereocenters. The van der Waals surface area contributed by atoms with Crippen LogP contribution in [0.5, 0.6) is 0 Å². The van der Waals surface area contributed by atoms with Gasteiger partial charge in [0.2, 0.25) is 0 Å². The van der Waals surface area contributed by atoms with Crippen molar-refractivity contribution in [1.29, 1.82) is 10.5 Å². The molecule has 0 saturated heterocycles. The van der Waals surface area contributed by atoms with Gasteiger partial charge in [-0.25, -0.2) is 25.9 Å². The molecule has 1 atom stereocenters. The first kappa shape index (κ1) is 29.8. The molecule has 212 valence electrons. The summed E-state index contributed by atoms with van der Waals surface area (Å²) in [6, 6.07) is 10.1. The first-order chi connectivity index (χ1) is 19.0. The highest BCUT2D eigenvalue weighted by molar-refractivity contribution is 7.92. The molecular formula is C26H19F3N4O5S3. The lowest BCUT2D eigenvalue weighted by Gasteiger charge is -2.41. The van der Waals surface area contributed by atoms with Gasteiger partial charge in [0.15, 0.2) is 9.84 Å². The third-order valence-corrected chi connectivity index (χ3v) is 10.6. The van der Waals surface area contributed by atoms with Gasteiger partial charge in [-0.2, -0.15) is 23.7 Å². The number of carbonyl (C=O) groups is 1. The number of sulfone groups is 1. The Bertz CT molecular complexity index is 1920. The van der Waals surface area contributed by atoms with Crippen molar-refractivity contribution in [2.24, 2.45) is 0 Å². The molecule has 0 radical (unpaired) electrons. The summed E-state index contributed by atoms with van der Waals surface area (Å²) in [6.07, 6.45) is -3.98. The Labute approximate surface area is 237 Å². The summed E-state index contributed by atoms with van der Waals surface area (Å²) < 4.78 is 94.2. The molecule has 41 heavy (non-hydrogen) atoms. The van der Waals surface area contributed by atoms with Gasteiger partial charge in [0, 0.05) is 16.8 Å². The van der Waals surface area contributed by atoms with Crippen molar-refractivity contribution in [2.45, 2.75) is 35.2 Å². The quantitative estimate of drug-likeness (QED) is 0.366. The second-order valence-corrected chi connectivity index (χ2v) is 14.3. The van der Waals surface area contributed by atoms with E-state index in [1.165, 1.54) is 25.1 Å². The molecule has 0 fully saturated rings. The second kappa shape index (κ2) is 10.3. The summed E-state index contributed by atoms with van der Waals surface area (Å²) >= 11 is 0.806. The molecule has 1 aliphatic rings. The molecule has 3 aromatic rings. The number of benzene rings is 2. The van der Waals surface area contributed by atoms with Crippen LogP contribution in [0.15, 0.2) is 75.0 Å². The van der Waals surface area contributed by atoms with Crippen molar-refractivity contribution >= 4 is 42.9 Å². The normalized spacial score (nSPS) is 16.5. The molecule has 2 aromatic carbocycles. The van der Waals surface area contributed by atoms with Crippen molar-refractivity contribution in [3.8, 4) is 12.1 Å². The van der Waals surface area contributed by atoms with Gasteiger partial charge in [0.05, 0.1) is 39.4 Å². The number of nitrogens with zero attached hydrogens (tertiary/aromatic N) is 4. The van der Waals surface area contributed by atoms with Crippen molar-refractivity contribution in [2.75, 3.05) is 11.2 Å². The topological polar surface area (TPSA) is 139 Å². The maximum atomic E-state index is 14.1. The van der Waals surface area contributed by atoms with Gasteiger partial charge in [-0.15, -0.1) is 11.3 Å². The molecule has 0 spiro atoms. The van der Waals surface area contributed by atoms with Gasteiger partial charge in [0.1, 0.15) is 10.3 Å². The van der Waals surface area contributed by atoms with E-state index in [0.29, 0.717) is 20.1 Å². The molecule has 2 amide bonds. The molecular weight excluding hydrogens is 602 g/mol. The van der Waals surface area contributed by atoms with Crippen molar-refractivity contribution in [3.05, 3.63) is 87.4 Å². The third kappa shape index (κ3) is 5.31. The first-order valence-electron chi connectivity index (χ1n) is 11.5. The minimum atomic E-state index is -4.82. The molecule has 2 heterocycles. The van der Waals surface area contributed by atoms with E-state index in [0.717, 1.165) is 47.9 Å². The summed E-state index contributed by atoms with van der Waals surface area (Å²) in [6.45, 7) is 2.86. The SMILES string of the molecule is CC1=C(C#N)[C@@H](c2ccc(C#N)cc2S(C)(=O)=O)N(S(=O)(=O)c2ccc(C)s2)C(=O)N1c1cccc(C(F)(F)F)c1. The molecule has 0 bridgehead atoms. The van der Waals surface area contributed by atoms with Crippen LogP contribution in [-0.4, -0.2) is 33.4 Å². The van der Waals surface area contributed by atoms with Crippen LogP contribution in [-0.2, 0) is 26.0 Å². The van der Waals surface area contributed by atoms with Crippen LogP contribution in [0.25, 0.3) is 0 Å². The standard InChI is InChI=1S/C26H19F3N4O5S3/c1-15-7-10-23(39-15)41(37,38)33-24(20-9-8-17(13-30)11-22(20)40(3,35)36)21(14-31)16(2)32(25(33)34)19-6-4-5-18(12-19)26(27,28)29/h4-12,24H,1-3H3/t24-/m1/s1. The average Bonchev–Trinajstić information content (AvgIpc) is 3.34. The van der Waals surface area contributed by atoms with E-state index in [9.17, 15) is 45.3 Å². The monoisotopic (exact) mass is 620 g/mol. The third-order valence-electron chi connectivity index (χ3n) is 6.23. The number of sulfonamides is 1. The molecule has 0 aliphatic carbocycles. The predicted molar refractivity (Wildman–Crippen MR) is 143 cm³/mol. The number of thiophene rings is 1. The molecule has 1 aliphatic heterocycles. The van der Waals surface area contributed by atoms with Crippen LogP contribution in [0.1, 0.15) is 34.5 Å². The fourth-order valence-electron chi connectivity index (χ4n) is 4.38. The number of rotatable bonds is 5. The fraction of sp³-hybridized carbons (Fsp3) is 0.192. The van der Waals surface area contributed by atoms with Crippen LogP contribution in [0, 0.1) is 29.6 Å². The van der Waals surface area contributed by atoms with Gasteiger partial charge >= 0.3 is 12.2 Å².